The number of thiazole rings is 1. The van der Waals surface area contributed by atoms with E-state index < -0.39 is 0 Å². The van der Waals surface area contributed by atoms with E-state index in [2.05, 4.69) is 53.4 Å². The van der Waals surface area contributed by atoms with Crippen LogP contribution in [0.25, 0.3) is 10.2 Å². The van der Waals surface area contributed by atoms with Gasteiger partial charge in [0.15, 0.2) is 6.54 Å². The summed E-state index contributed by atoms with van der Waals surface area (Å²) < 4.78 is 1.27. The van der Waals surface area contributed by atoms with Gasteiger partial charge < -0.3 is 9.80 Å². The molecule has 2 aliphatic rings. The number of quaternary nitrogens is 1. The Bertz CT molecular complexity index is 965. The molecule has 5 rings (SSSR count). The fourth-order valence-electron chi connectivity index (χ4n) is 4.62. The van der Waals surface area contributed by atoms with Gasteiger partial charge in [-0.25, -0.2) is 4.98 Å². The third-order valence-corrected chi connectivity index (χ3v) is 7.36. The first-order chi connectivity index (χ1) is 13.8. The van der Waals surface area contributed by atoms with E-state index in [1.165, 1.54) is 38.6 Å². The predicted molar refractivity (Wildman–Crippen MR) is 113 cm³/mol. The van der Waals surface area contributed by atoms with Crippen LogP contribution in [-0.4, -0.2) is 42.0 Å². The zero-order valence-corrected chi connectivity index (χ0v) is 16.9. The number of likely N-dealkylation sites (tertiary alicyclic amines) is 1. The van der Waals surface area contributed by atoms with Gasteiger partial charge in [-0.2, -0.15) is 0 Å². The van der Waals surface area contributed by atoms with Crippen molar-refractivity contribution >= 4 is 27.5 Å². The molecule has 5 heteroatoms. The number of fused-ring (bicyclic) bond motifs is 2. The summed E-state index contributed by atoms with van der Waals surface area (Å²) in [5, 5.41) is 1.25. The fraction of sp³-hybridized carbons (Fsp3) is 0.391. The molecule has 0 saturated carbocycles. The van der Waals surface area contributed by atoms with E-state index in [9.17, 15) is 4.79 Å². The molecule has 144 valence electrons. The molecular formula is C23H26N3OS+. The number of amides is 1. The van der Waals surface area contributed by atoms with Gasteiger partial charge in [-0.15, -0.1) is 11.3 Å². The zero-order valence-electron chi connectivity index (χ0n) is 16.1. The topological polar surface area (TPSA) is 37.6 Å². The summed E-state index contributed by atoms with van der Waals surface area (Å²) in [6.07, 6.45) is 3.34. The summed E-state index contributed by atoms with van der Waals surface area (Å²) in [4.78, 5) is 21.3. The molecule has 1 amide bonds. The third kappa shape index (κ3) is 3.56. The van der Waals surface area contributed by atoms with E-state index in [-0.39, 0.29) is 0 Å². The van der Waals surface area contributed by atoms with Crippen molar-refractivity contribution in [1.29, 1.82) is 0 Å². The number of hydrogen-bond donors (Lipinski definition) is 1. The Hall–Kier alpha value is -2.24. The van der Waals surface area contributed by atoms with Gasteiger partial charge in [-0.1, -0.05) is 36.4 Å². The van der Waals surface area contributed by atoms with Crippen molar-refractivity contribution in [2.75, 3.05) is 26.2 Å². The van der Waals surface area contributed by atoms with Gasteiger partial charge in [-0.3, -0.25) is 4.79 Å². The molecule has 0 spiro atoms. The van der Waals surface area contributed by atoms with Gasteiger partial charge in [0.05, 0.1) is 29.2 Å². The number of para-hydroxylation sites is 1. The lowest BCUT2D eigenvalue weighted by Gasteiger charge is -2.32. The second-order valence-electron chi connectivity index (χ2n) is 8.07. The molecule has 0 radical (unpaired) electrons. The molecule has 1 unspecified atom stereocenters. The first-order valence-electron chi connectivity index (χ1n) is 10.3. The average molecular weight is 393 g/mol. The quantitative estimate of drug-likeness (QED) is 0.744. The number of benzene rings is 2. The van der Waals surface area contributed by atoms with Crippen LogP contribution in [-0.2, 0) is 17.8 Å². The largest absolute Gasteiger partial charge is 0.333 e. The number of carbonyl (C=O) groups is 1. The van der Waals surface area contributed by atoms with Crippen LogP contribution in [0.4, 0.5) is 0 Å². The van der Waals surface area contributed by atoms with Crippen molar-refractivity contribution in [3.63, 3.8) is 0 Å². The van der Waals surface area contributed by atoms with Crippen LogP contribution in [0.15, 0.2) is 48.5 Å². The molecule has 28 heavy (non-hydrogen) atoms. The summed E-state index contributed by atoms with van der Waals surface area (Å²) in [5.41, 5.74) is 3.81. The molecule has 1 saturated heterocycles. The number of carbonyl (C=O) groups excluding carboxylic acids is 1. The average Bonchev–Trinajstić information content (AvgIpc) is 3.18. The van der Waals surface area contributed by atoms with Gasteiger partial charge in [0.25, 0.3) is 5.91 Å². The van der Waals surface area contributed by atoms with Crippen molar-refractivity contribution in [2.24, 2.45) is 0 Å². The molecule has 1 N–H and O–H groups in total. The van der Waals surface area contributed by atoms with Crippen LogP contribution < -0.4 is 4.90 Å². The van der Waals surface area contributed by atoms with Crippen LogP contribution in [0, 0.1) is 0 Å². The van der Waals surface area contributed by atoms with Crippen molar-refractivity contribution in [3.05, 3.63) is 64.7 Å². The molecule has 0 bridgehead atoms. The summed E-state index contributed by atoms with van der Waals surface area (Å²) in [7, 11) is 0. The summed E-state index contributed by atoms with van der Waals surface area (Å²) in [5.74, 6) is 0.783. The van der Waals surface area contributed by atoms with Crippen LogP contribution >= 0.6 is 11.3 Å². The molecule has 4 nitrogen and oxygen atoms in total. The molecule has 3 heterocycles. The lowest BCUT2D eigenvalue weighted by Crippen LogP contribution is -3.14. The van der Waals surface area contributed by atoms with E-state index in [1.807, 2.05) is 11.3 Å². The molecule has 2 atom stereocenters. The van der Waals surface area contributed by atoms with Crippen molar-refractivity contribution in [1.82, 2.24) is 9.88 Å². The second-order valence-corrected chi connectivity index (χ2v) is 9.14. The first-order valence-corrected chi connectivity index (χ1v) is 11.1. The van der Waals surface area contributed by atoms with Crippen LogP contribution in [0.2, 0.25) is 0 Å². The highest BCUT2D eigenvalue weighted by molar-refractivity contribution is 7.18. The van der Waals surface area contributed by atoms with Gasteiger partial charge in [0.2, 0.25) is 0 Å². The van der Waals surface area contributed by atoms with E-state index in [0.717, 1.165) is 38.1 Å². The van der Waals surface area contributed by atoms with E-state index in [1.54, 1.807) is 0 Å². The summed E-state index contributed by atoms with van der Waals surface area (Å²) in [6.45, 7) is 4.35. The SMILES string of the molecule is O=C(C[NH+]1CCC[C@H](c2nc3ccccc3s2)C1)N1CCc2ccccc2C1. The van der Waals surface area contributed by atoms with Crippen molar-refractivity contribution in [3.8, 4) is 0 Å². The van der Waals surface area contributed by atoms with E-state index in [0.29, 0.717) is 18.4 Å². The number of aromatic nitrogens is 1. The Labute approximate surface area is 169 Å². The van der Waals surface area contributed by atoms with E-state index in [4.69, 9.17) is 4.98 Å². The van der Waals surface area contributed by atoms with E-state index >= 15 is 0 Å². The Morgan fingerprint density at radius 2 is 1.96 bits per heavy atom. The predicted octanol–water partition coefficient (Wildman–Crippen LogP) is 2.64. The molecule has 1 aromatic heterocycles. The molecule has 3 aromatic rings. The number of piperidine rings is 1. The van der Waals surface area contributed by atoms with Crippen LogP contribution in [0.3, 0.4) is 0 Å². The van der Waals surface area contributed by atoms with Gasteiger partial charge in [-0.05, 0) is 42.5 Å². The minimum Gasteiger partial charge on any atom is -0.333 e. The molecule has 0 aliphatic carbocycles. The Morgan fingerprint density at radius 1 is 1.14 bits per heavy atom. The normalized spacial score (nSPS) is 22.2. The van der Waals surface area contributed by atoms with Gasteiger partial charge in [0, 0.05) is 13.1 Å². The number of hydrogen-bond acceptors (Lipinski definition) is 3. The Morgan fingerprint density at radius 3 is 2.86 bits per heavy atom. The van der Waals surface area contributed by atoms with Gasteiger partial charge in [0.1, 0.15) is 5.01 Å². The molecular weight excluding hydrogens is 366 g/mol. The standard InChI is InChI=1S/C23H25N3OS/c27-22(26-13-11-17-6-1-2-7-18(17)15-26)16-25-12-5-8-19(14-25)23-24-20-9-3-4-10-21(20)28-23/h1-4,6-7,9-10,19H,5,8,11-16H2/p+1/t19-/m0/s1. The molecule has 2 aromatic carbocycles. The maximum atomic E-state index is 13.0. The smallest absolute Gasteiger partial charge is 0.278 e. The summed E-state index contributed by atoms with van der Waals surface area (Å²) in [6, 6.07) is 16.9. The highest BCUT2D eigenvalue weighted by atomic mass is 32.1. The minimum absolute atomic E-state index is 0.300. The number of rotatable bonds is 3. The maximum absolute atomic E-state index is 13.0. The van der Waals surface area contributed by atoms with Crippen molar-refractivity contribution in [2.45, 2.75) is 31.7 Å². The van der Waals surface area contributed by atoms with Crippen LogP contribution in [0.1, 0.15) is 34.9 Å². The highest BCUT2D eigenvalue weighted by Crippen LogP contribution is 2.30. The van der Waals surface area contributed by atoms with Crippen molar-refractivity contribution < 1.29 is 9.69 Å². The summed E-state index contributed by atoms with van der Waals surface area (Å²) >= 11 is 1.83. The Kier molecular flexibility index (Phi) is 4.87. The number of nitrogens with zero attached hydrogens (tertiary/aromatic N) is 2. The lowest BCUT2D eigenvalue weighted by atomic mass is 9.98. The monoisotopic (exact) mass is 392 g/mol. The lowest BCUT2D eigenvalue weighted by molar-refractivity contribution is -0.898. The molecule has 1 fully saturated rings. The van der Waals surface area contributed by atoms with Crippen LogP contribution in [0.5, 0.6) is 0 Å². The zero-order chi connectivity index (χ0) is 18.9. The maximum Gasteiger partial charge on any atom is 0.278 e. The first kappa shape index (κ1) is 17.8. The van der Waals surface area contributed by atoms with Gasteiger partial charge >= 0.3 is 0 Å². The Balaban J connectivity index is 1.24. The minimum atomic E-state index is 0.300. The fourth-order valence-corrected chi connectivity index (χ4v) is 5.72. The molecule has 2 aliphatic heterocycles. The second kappa shape index (κ2) is 7.64. The number of nitrogens with one attached hydrogen (secondary N) is 1. The third-order valence-electron chi connectivity index (χ3n) is 6.16. The highest BCUT2D eigenvalue weighted by Gasteiger charge is 2.30.